The van der Waals surface area contributed by atoms with E-state index < -0.39 is 37.7 Å². The Balaban J connectivity index is 2.07. The summed E-state index contributed by atoms with van der Waals surface area (Å²) in [5, 5.41) is 0. The fourth-order valence-corrected chi connectivity index (χ4v) is 2.36. The van der Waals surface area contributed by atoms with Crippen LogP contribution in [0.1, 0.15) is 10.4 Å². The maximum absolute atomic E-state index is 12.4. The largest absolute Gasteiger partial charge is 0.406 e. The molecule has 0 bridgehead atoms. The minimum absolute atomic E-state index is 0.213. The van der Waals surface area contributed by atoms with Crippen LogP contribution in [0.2, 0.25) is 0 Å². The Morgan fingerprint density at radius 2 is 1.88 bits per heavy atom. The maximum atomic E-state index is 12.4. The molecule has 0 atom stereocenters. The number of amides is 3. The van der Waals surface area contributed by atoms with Crippen molar-refractivity contribution in [3.8, 4) is 0 Å². The zero-order valence-electron chi connectivity index (χ0n) is 13.4. The molecule has 6 nitrogen and oxygen atoms in total. The van der Waals surface area contributed by atoms with E-state index in [-0.39, 0.29) is 11.5 Å². The third kappa shape index (κ3) is 4.37. The first-order chi connectivity index (χ1) is 11.6. The first-order valence-corrected chi connectivity index (χ1v) is 7.26. The molecule has 1 saturated heterocycles. The summed E-state index contributed by atoms with van der Waals surface area (Å²) in [7, 11) is 1.54. The Morgan fingerprint density at radius 3 is 2.40 bits per heavy atom. The summed E-state index contributed by atoms with van der Waals surface area (Å²) < 4.78 is 37.2. The molecule has 1 fully saturated rings. The van der Waals surface area contributed by atoms with Gasteiger partial charge in [-0.05, 0) is 30.3 Å². The second kappa shape index (κ2) is 6.96. The van der Waals surface area contributed by atoms with E-state index in [4.69, 9.17) is 0 Å². The van der Waals surface area contributed by atoms with Gasteiger partial charge in [-0.25, -0.2) is 0 Å². The Bertz CT molecular complexity index is 701. The molecular formula is C16H16F3N3O3. The number of alkyl halides is 3. The summed E-state index contributed by atoms with van der Waals surface area (Å²) >= 11 is 0. The van der Waals surface area contributed by atoms with E-state index in [1.165, 1.54) is 36.2 Å². The SMILES string of the molecule is C=CC(=O)N(C)c1ccc(C(=O)N2CC(=O)N(CC(F)(F)F)C2)cc1. The molecule has 0 aliphatic carbocycles. The fourth-order valence-electron chi connectivity index (χ4n) is 2.36. The maximum Gasteiger partial charge on any atom is 0.406 e. The van der Waals surface area contributed by atoms with Crippen LogP contribution in [0.3, 0.4) is 0 Å². The molecule has 25 heavy (non-hydrogen) atoms. The minimum Gasteiger partial charge on any atom is -0.314 e. The summed E-state index contributed by atoms with van der Waals surface area (Å²) in [6.07, 6.45) is -3.37. The second-order valence-electron chi connectivity index (χ2n) is 5.50. The van der Waals surface area contributed by atoms with Crippen LogP contribution in [0.15, 0.2) is 36.9 Å². The molecule has 9 heteroatoms. The molecule has 0 radical (unpaired) electrons. The van der Waals surface area contributed by atoms with E-state index >= 15 is 0 Å². The summed E-state index contributed by atoms with van der Waals surface area (Å²) in [6, 6.07) is 5.95. The first-order valence-electron chi connectivity index (χ1n) is 7.26. The summed E-state index contributed by atoms with van der Waals surface area (Å²) in [4.78, 5) is 38.5. The van der Waals surface area contributed by atoms with Gasteiger partial charge >= 0.3 is 6.18 Å². The smallest absolute Gasteiger partial charge is 0.314 e. The van der Waals surface area contributed by atoms with E-state index in [2.05, 4.69) is 6.58 Å². The third-order valence-electron chi connectivity index (χ3n) is 3.68. The molecule has 1 aromatic rings. The van der Waals surface area contributed by atoms with Gasteiger partial charge in [0.05, 0.1) is 6.67 Å². The second-order valence-corrected chi connectivity index (χ2v) is 5.50. The number of carbonyl (C=O) groups is 3. The molecule has 2 rings (SSSR count). The molecule has 0 aromatic heterocycles. The highest BCUT2D eigenvalue weighted by molar-refractivity contribution is 6.01. The van der Waals surface area contributed by atoms with Crippen molar-refractivity contribution in [3.05, 3.63) is 42.5 Å². The highest BCUT2D eigenvalue weighted by Crippen LogP contribution is 2.21. The van der Waals surface area contributed by atoms with Gasteiger partial charge in [0.15, 0.2) is 0 Å². The quantitative estimate of drug-likeness (QED) is 0.772. The van der Waals surface area contributed by atoms with Crippen LogP contribution in [0.25, 0.3) is 0 Å². The van der Waals surface area contributed by atoms with Gasteiger partial charge in [0.25, 0.3) is 5.91 Å². The molecule has 1 aromatic carbocycles. The summed E-state index contributed by atoms with van der Waals surface area (Å²) in [6.45, 7) is 1.18. The lowest BCUT2D eigenvalue weighted by atomic mass is 10.1. The van der Waals surface area contributed by atoms with Crippen molar-refractivity contribution in [2.75, 3.05) is 31.7 Å². The molecule has 0 unspecified atom stereocenters. The average molecular weight is 355 g/mol. The van der Waals surface area contributed by atoms with E-state index in [1.54, 1.807) is 0 Å². The van der Waals surface area contributed by atoms with Gasteiger partial charge in [-0.3, -0.25) is 14.4 Å². The van der Waals surface area contributed by atoms with Gasteiger partial charge in [0.1, 0.15) is 13.1 Å². The topological polar surface area (TPSA) is 60.9 Å². The standard InChI is InChI=1S/C16H16F3N3O3/c1-3-13(23)20(2)12-6-4-11(5-7-12)15(25)21-8-14(24)22(10-21)9-16(17,18)19/h3-7H,1,8-10H2,2H3. The number of hydrogen-bond acceptors (Lipinski definition) is 3. The number of anilines is 1. The lowest BCUT2D eigenvalue weighted by Gasteiger charge is -2.20. The van der Waals surface area contributed by atoms with Crippen molar-refractivity contribution < 1.29 is 27.6 Å². The first kappa shape index (κ1) is 18.5. The Kier molecular flexibility index (Phi) is 5.15. The lowest BCUT2D eigenvalue weighted by molar-refractivity contribution is -0.157. The van der Waals surface area contributed by atoms with Crippen LogP contribution in [0, 0.1) is 0 Å². The van der Waals surface area contributed by atoms with Crippen LogP contribution in [0.4, 0.5) is 18.9 Å². The van der Waals surface area contributed by atoms with Gasteiger partial charge in [-0.2, -0.15) is 13.2 Å². The fraction of sp³-hybridized carbons (Fsp3) is 0.312. The van der Waals surface area contributed by atoms with Crippen molar-refractivity contribution >= 4 is 23.4 Å². The highest BCUT2D eigenvalue weighted by Gasteiger charge is 2.39. The van der Waals surface area contributed by atoms with Gasteiger partial charge in [0, 0.05) is 18.3 Å². The monoisotopic (exact) mass is 355 g/mol. The molecule has 1 heterocycles. The number of hydrogen-bond donors (Lipinski definition) is 0. The molecule has 0 saturated carbocycles. The van der Waals surface area contributed by atoms with E-state index in [0.29, 0.717) is 10.6 Å². The summed E-state index contributed by atoms with van der Waals surface area (Å²) in [5.74, 6) is -1.63. The van der Waals surface area contributed by atoms with Crippen molar-refractivity contribution in [2.45, 2.75) is 6.18 Å². The number of nitrogens with zero attached hydrogens (tertiary/aromatic N) is 3. The van der Waals surface area contributed by atoms with Crippen LogP contribution >= 0.6 is 0 Å². The van der Waals surface area contributed by atoms with Crippen LogP contribution in [-0.4, -0.2) is 60.5 Å². The van der Waals surface area contributed by atoms with Crippen molar-refractivity contribution in [1.82, 2.24) is 9.80 Å². The van der Waals surface area contributed by atoms with E-state index in [0.717, 1.165) is 11.0 Å². The Morgan fingerprint density at radius 1 is 1.28 bits per heavy atom. The molecule has 0 N–H and O–H groups in total. The number of benzene rings is 1. The van der Waals surface area contributed by atoms with Gasteiger partial charge < -0.3 is 14.7 Å². The molecule has 3 amide bonds. The number of rotatable bonds is 4. The highest BCUT2D eigenvalue weighted by atomic mass is 19.4. The van der Waals surface area contributed by atoms with Crippen molar-refractivity contribution in [1.29, 1.82) is 0 Å². The summed E-state index contributed by atoms with van der Waals surface area (Å²) in [5.41, 5.74) is 0.738. The van der Waals surface area contributed by atoms with Gasteiger partial charge in [-0.1, -0.05) is 6.58 Å². The normalized spacial score (nSPS) is 14.6. The molecule has 1 aliphatic rings. The van der Waals surface area contributed by atoms with Crippen LogP contribution in [-0.2, 0) is 9.59 Å². The van der Waals surface area contributed by atoms with Gasteiger partial charge in [-0.15, -0.1) is 0 Å². The molecular weight excluding hydrogens is 339 g/mol. The third-order valence-corrected chi connectivity index (χ3v) is 3.68. The molecule has 134 valence electrons. The predicted octanol–water partition coefficient (Wildman–Crippen LogP) is 1.64. The van der Waals surface area contributed by atoms with Crippen LogP contribution < -0.4 is 4.90 Å². The molecule has 1 aliphatic heterocycles. The van der Waals surface area contributed by atoms with Crippen molar-refractivity contribution in [2.24, 2.45) is 0 Å². The van der Waals surface area contributed by atoms with Gasteiger partial charge in [0.2, 0.25) is 11.8 Å². The lowest BCUT2D eigenvalue weighted by Crippen LogP contribution is -2.37. The van der Waals surface area contributed by atoms with Crippen LogP contribution in [0.5, 0.6) is 0 Å². The Labute approximate surface area is 142 Å². The van der Waals surface area contributed by atoms with E-state index in [1.807, 2.05) is 0 Å². The minimum atomic E-state index is -4.52. The number of carbonyl (C=O) groups excluding carboxylic acids is 3. The zero-order valence-corrected chi connectivity index (χ0v) is 13.4. The Hall–Kier alpha value is -2.84. The zero-order chi connectivity index (χ0) is 18.8. The number of halogens is 3. The van der Waals surface area contributed by atoms with Crippen molar-refractivity contribution in [3.63, 3.8) is 0 Å². The number of likely N-dealkylation sites (N-methyl/N-ethyl adjacent to an activating group) is 1. The van der Waals surface area contributed by atoms with E-state index in [9.17, 15) is 27.6 Å². The predicted molar refractivity (Wildman–Crippen MR) is 83.7 cm³/mol. The molecule has 0 spiro atoms. The average Bonchev–Trinajstić information content (AvgIpc) is 2.91.